The Balaban J connectivity index is 2.07. The van der Waals surface area contributed by atoms with E-state index in [0.717, 1.165) is 10.9 Å². The van der Waals surface area contributed by atoms with Crippen LogP contribution in [-0.4, -0.2) is 34.6 Å². The highest BCUT2D eigenvalue weighted by atomic mass is 16.3. The number of fused-ring (bicyclic) bond motifs is 1. The van der Waals surface area contributed by atoms with E-state index in [0.29, 0.717) is 5.69 Å². The van der Waals surface area contributed by atoms with Crippen molar-refractivity contribution < 1.29 is 14.7 Å². The fraction of sp³-hybridized carbons (Fsp3) is 0.214. The third kappa shape index (κ3) is 3.30. The molecule has 3 N–H and O–H groups in total. The first-order valence-corrected chi connectivity index (χ1v) is 6.17. The molecule has 0 radical (unpaired) electrons. The minimum atomic E-state index is -0.792. The van der Waals surface area contributed by atoms with Crippen LogP contribution in [0.4, 0.5) is 5.69 Å². The minimum Gasteiger partial charge on any atom is -0.394 e. The molecule has 0 saturated carbocycles. The molecule has 0 spiro atoms. The maximum Gasteiger partial charge on any atom is 0.313 e. The van der Waals surface area contributed by atoms with E-state index in [4.69, 9.17) is 5.11 Å². The number of carbonyl (C=O) groups excluding carboxylic acids is 2. The minimum absolute atomic E-state index is 0.226. The van der Waals surface area contributed by atoms with E-state index in [-0.39, 0.29) is 6.61 Å². The van der Waals surface area contributed by atoms with Crippen molar-refractivity contribution in [1.82, 2.24) is 10.3 Å². The van der Waals surface area contributed by atoms with Crippen LogP contribution in [0.1, 0.15) is 6.92 Å². The lowest BCUT2D eigenvalue weighted by molar-refractivity contribution is -0.136. The van der Waals surface area contributed by atoms with Gasteiger partial charge in [0.1, 0.15) is 0 Å². The van der Waals surface area contributed by atoms with Gasteiger partial charge in [-0.1, -0.05) is 18.2 Å². The standard InChI is InChI=1S/C14H15N3O3/c1-9(8-18)16-13(19)14(20)17-11-6-10-4-2-3-5-12(10)15-7-11/h2-7,9,18H,8H2,1H3,(H,16,19)(H,17,20). The molecule has 2 rings (SSSR count). The molecule has 6 heteroatoms. The van der Waals surface area contributed by atoms with Gasteiger partial charge in [-0.3, -0.25) is 14.6 Å². The molecule has 0 aliphatic heterocycles. The summed E-state index contributed by atoms with van der Waals surface area (Å²) in [5, 5.41) is 14.5. The highest BCUT2D eigenvalue weighted by molar-refractivity contribution is 6.39. The highest BCUT2D eigenvalue weighted by Gasteiger charge is 2.16. The molecule has 0 aliphatic carbocycles. The second-order valence-corrected chi connectivity index (χ2v) is 4.43. The van der Waals surface area contributed by atoms with Crippen LogP contribution in [0.3, 0.4) is 0 Å². The lowest BCUT2D eigenvalue weighted by Crippen LogP contribution is -2.42. The second-order valence-electron chi connectivity index (χ2n) is 4.43. The number of aliphatic hydroxyl groups is 1. The van der Waals surface area contributed by atoms with E-state index < -0.39 is 17.9 Å². The van der Waals surface area contributed by atoms with Gasteiger partial charge in [0.15, 0.2) is 0 Å². The Morgan fingerprint density at radius 2 is 2.05 bits per heavy atom. The van der Waals surface area contributed by atoms with Gasteiger partial charge in [0, 0.05) is 11.4 Å². The number of hydrogen-bond acceptors (Lipinski definition) is 4. The van der Waals surface area contributed by atoms with Crippen LogP contribution >= 0.6 is 0 Å². The average Bonchev–Trinajstić information content (AvgIpc) is 2.46. The second kappa shape index (κ2) is 6.12. The topological polar surface area (TPSA) is 91.3 Å². The summed E-state index contributed by atoms with van der Waals surface area (Å²) in [5.41, 5.74) is 1.25. The zero-order valence-electron chi connectivity index (χ0n) is 11.0. The summed E-state index contributed by atoms with van der Waals surface area (Å²) in [7, 11) is 0. The van der Waals surface area contributed by atoms with Gasteiger partial charge >= 0.3 is 11.8 Å². The number of nitrogens with zero attached hydrogens (tertiary/aromatic N) is 1. The van der Waals surface area contributed by atoms with Crippen LogP contribution in [0, 0.1) is 0 Å². The molecule has 0 fully saturated rings. The molecule has 2 aromatic rings. The molecule has 0 saturated heterocycles. The van der Waals surface area contributed by atoms with E-state index >= 15 is 0 Å². The molecular weight excluding hydrogens is 258 g/mol. The third-order valence-electron chi connectivity index (χ3n) is 2.71. The molecule has 1 heterocycles. The summed E-state index contributed by atoms with van der Waals surface area (Å²) < 4.78 is 0. The lowest BCUT2D eigenvalue weighted by Gasteiger charge is -2.10. The van der Waals surface area contributed by atoms with Crippen molar-refractivity contribution in [3.05, 3.63) is 36.5 Å². The Labute approximate surface area is 115 Å². The number of aromatic nitrogens is 1. The number of amides is 2. The van der Waals surface area contributed by atoms with Crippen molar-refractivity contribution >= 4 is 28.4 Å². The van der Waals surface area contributed by atoms with Crippen LogP contribution in [0.15, 0.2) is 36.5 Å². The molecule has 1 aromatic heterocycles. The van der Waals surface area contributed by atoms with E-state index in [1.807, 2.05) is 24.3 Å². The number of anilines is 1. The molecular formula is C14H15N3O3. The van der Waals surface area contributed by atoms with Crippen molar-refractivity contribution in [3.8, 4) is 0 Å². The van der Waals surface area contributed by atoms with E-state index in [1.165, 1.54) is 6.20 Å². The number of nitrogens with one attached hydrogen (secondary N) is 2. The summed E-state index contributed by atoms with van der Waals surface area (Å²) in [5.74, 6) is -1.58. The first-order chi connectivity index (χ1) is 9.60. The van der Waals surface area contributed by atoms with E-state index in [2.05, 4.69) is 15.6 Å². The number of aliphatic hydroxyl groups excluding tert-OH is 1. The predicted molar refractivity (Wildman–Crippen MR) is 75.1 cm³/mol. The molecule has 20 heavy (non-hydrogen) atoms. The number of rotatable bonds is 3. The van der Waals surface area contributed by atoms with Crippen LogP contribution in [0.2, 0.25) is 0 Å². The maximum absolute atomic E-state index is 11.7. The van der Waals surface area contributed by atoms with Gasteiger partial charge in [0.2, 0.25) is 0 Å². The number of hydrogen-bond donors (Lipinski definition) is 3. The average molecular weight is 273 g/mol. The zero-order chi connectivity index (χ0) is 14.5. The molecule has 2 amide bonds. The van der Waals surface area contributed by atoms with Gasteiger partial charge in [0.25, 0.3) is 0 Å². The van der Waals surface area contributed by atoms with Gasteiger partial charge in [-0.2, -0.15) is 0 Å². The molecule has 1 aromatic carbocycles. The Kier molecular flexibility index (Phi) is 4.27. The molecule has 104 valence electrons. The van der Waals surface area contributed by atoms with E-state index in [1.54, 1.807) is 13.0 Å². The van der Waals surface area contributed by atoms with Gasteiger partial charge in [-0.15, -0.1) is 0 Å². The third-order valence-corrected chi connectivity index (χ3v) is 2.71. The lowest BCUT2D eigenvalue weighted by atomic mass is 10.2. The number of para-hydroxylation sites is 1. The predicted octanol–water partition coefficient (Wildman–Crippen LogP) is 0.670. The fourth-order valence-electron chi connectivity index (χ4n) is 1.66. The molecule has 0 bridgehead atoms. The Hall–Kier alpha value is -2.47. The number of carbonyl (C=O) groups is 2. The van der Waals surface area contributed by atoms with E-state index in [9.17, 15) is 9.59 Å². The first-order valence-electron chi connectivity index (χ1n) is 6.17. The largest absolute Gasteiger partial charge is 0.394 e. The van der Waals surface area contributed by atoms with Crippen molar-refractivity contribution in [2.45, 2.75) is 13.0 Å². The Morgan fingerprint density at radius 3 is 2.80 bits per heavy atom. The van der Waals surface area contributed by atoms with Crippen molar-refractivity contribution in [2.24, 2.45) is 0 Å². The summed E-state index contributed by atoms with van der Waals surface area (Å²) in [6, 6.07) is 8.73. The highest BCUT2D eigenvalue weighted by Crippen LogP contribution is 2.15. The van der Waals surface area contributed by atoms with Crippen molar-refractivity contribution in [3.63, 3.8) is 0 Å². The molecule has 6 nitrogen and oxygen atoms in total. The van der Waals surface area contributed by atoms with Crippen molar-refractivity contribution in [1.29, 1.82) is 0 Å². The van der Waals surface area contributed by atoms with Crippen LogP contribution in [-0.2, 0) is 9.59 Å². The Bertz CT molecular complexity index is 642. The fourth-order valence-corrected chi connectivity index (χ4v) is 1.66. The normalized spacial score (nSPS) is 11.9. The summed E-state index contributed by atoms with van der Waals surface area (Å²) in [6.45, 7) is 1.37. The van der Waals surface area contributed by atoms with Crippen LogP contribution < -0.4 is 10.6 Å². The summed E-state index contributed by atoms with van der Waals surface area (Å²) in [6.07, 6.45) is 1.49. The Morgan fingerprint density at radius 1 is 1.30 bits per heavy atom. The molecule has 1 unspecified atom stereocenters. The summed E-state index contributed by atoms with van der Waals surface area (Å²) in [4.78, 5) is 27.4. The van der Waals surface area contributed by atoms with Gasteiger partial charge in [-0.05, 0) is 19.1 Å². The van der Waals surface area contributed by atoms with Gasteiger partial charge in [-0.25, -0.2) is 0 Å². The van der Waals surface area contributed by atoms with Crippen molar-refractivity contribution in [2.75, 3.05) is 11.9 Å². The molecule has 1 atom stereocenters. The maximum atomic E-state index is 11.7. The zero-order valence-corrected chi connectivity index (χ0v) is 11.0. The van der Waals surface area contributed by atoms with Crippen LogP contribution in [0.25, 0.3) is 10.9 Å². The smallest absolute Gasteiger partial charge is 0.313 e. The van der Waals surface area contributed by atoms with Crippen LogP contribution in [0.5, 0.6) is 0 Å². The monoisotopic (exact) mass is 273 g/mol. The van der Waals surface area contributed by atoms with Gasteiger partial charge < -0.3 is 15.7 Å². The quantitative estimate of drug-likeness (QED) is 0.717. The van der Waals surface area contributed by atoms with Gasteiger partial charge in [0.05, 0.1) is 24.0 Å². The number of pyridine rings is 1. The summed E-state index contributed by atoms with van der Waals surface area (Å²) >= 11 is 0. The first kappa shape index (κ1) is 14.0. The SMILES string of the molecule is CC(CO)NC(=O)C(=O)Nc1cnc2ccccc2c1. The number of benzene rings is 1. The molecule has 0 aliphatic rings.